The lowest BCUT2D eigenvalue weighted by atomic mass is 10.3. The number of rotatable bonds is 3. The smallest absolute Gasteiger partial charge is 0.202 e. The van der Waals surface area contributed by atoms with Gasteiger partial charge in [-0.2, -0.15) is 21.6 Å². The van der Waals surface area contributed by atoms with E-state index in [1.165, 1.54) is 0 Å². The molecular formula is C7F8NO5S2+. The summed E-state index contributed by atoms with van der Waals surface area (Å²) in [4.78, 5) is 7.85. The summed E-state index contributed by atoms with van der Waals surface area (Å²) in [5.41, 5.74) is -6.52. The molecule has 0 saturated carbocycles. The van der Waals surface area contributed by atoms with Gasteiger partial charge in [-0.15, -0.1) is 8.42 Å². The third kappa shape index (κ3) is 2.75. The molecule has 0 aliphatic heterocycles. The molecular weight excluding hydrogens is 394 g/mol. The summed E-state index contributed by atoms with van der Waals surface area (Å²) in [6.45, 7) is 0. The zero-order valence-electron chi connectivity index (χ0n) is 9.83. The Labute approximate surface area is 121 Å². The first-order chi connectivity index (χ1) is 10.1. The maximum absolute atomic E-state index is 13.2. The van der Waals surface area contributed by atoms with Gasteiger partial charge in [-0.3, -0.25) is 0 Å². The van der Waals surface area contributed by atoms with Gasteiger partial charge in [0.2, 0.25) is 10.7 Å². The Hall–Kier alpha value is -1.84. The third-order valence-electron chi connectivity index (χ3n) is 2.11. The van der Waals surface area contributed by atoms with Crippen LogP contribution in [-0.2, 0) is 20.0 Å². The van der Waals surface area contributed by atoms with E-state index in [9.17, 15) is 56.9 Å². The molecule has 0 unspecified atom stereocenters. The summed E-state index contributed by atoms with van der Waals surface area (Å²) in [5, 5.41) is 0. The number of hydrogen-bond acceptors (Lipinski definition) is 5. The zero-order chi connectivity index (χ0) is 18.5. The monoisotopic (exact) mass is 394 g/mol. The van der Waals surface area contributed by atoms with Gasteiger partial charge in [-0.25, -0.2) is 22.0 Å². The van der Waals surface area contributed by atoms with Crippen molar-refractivity contribution in [3.63, 3.8) is 0 Å². The van der Waals surface area contributed by atoms with Crippen LogP contribution >= 0.6 is 0 Å². The van der Waals surface area contributed by atoms with E-state index in [0.717, 1.165) is 0 Å². The number of alkyl halides is 3. The Balaban J connectivity index is 3.83. The predicted octanol–water partition coefficient (Wildman–Crippen LogP) is 1.70. The maximum atomic E-state index is 13.2. The van der Waals surface area contributed by atoms with Crippen LogP contribution in [0.4, 0.5) is 35.1 Å². The van der Waals surface area contributed by atoms with Gasteiger partial charge in [0.1, 0.15) is 0 Å². The van der Waals surface area contributed by atoms with Crippen LogP contribution in [0.5, 0.6) is 0 Å². The highest BCUT2D eigenvalue weighted by atomic mass is 32.3. The van der Waals surface area contributed by atoms with E-state index in [-0.39, 0.29) is 0 Å². The summed E-state index contributed by atoms with van der Waals surface area (Å²) in [6, 6.07) is 0. The molecule has 0 aliphatic rings. The van der Waals surface area contributed by atoms with Gasteiger partial charge >= 0.3 is 25.6 Å². The van der Waals surface area contributed by atoms with Crippen molar-refractivity contribution in [3.8, 4) is 0 Å². The first-order valence-electron chi connectivity index (χ1n) is 4.63. The summed E-state index contributed by atoms with van der Waals surface area (Å²) < 4.78 is 142. The molecule has 0 fully saturated rings. The molecule has 1 aromatic rings. The minimum absolute atomic E-state index is 2.79. The standard InChI is InChI=1S/C7F8NO5S2/c8-1-2(9)4(11)6(5(12)3(1)10)22(18,19)16(17)23(20,21)7(13,14)15/q+1. The topological polar surface area (TPSA) is 88.4 Å². The van der Waals surface area contributed by atoms with Crippen LogP contribution in [0.2, 0.25) is 0 Å². The minimum atomic E-state index is -7.23. The minimum Gasteiger partial charge on any atom is -0.202 e. The zero-order valence-corrected chi connectivity index (χ0v) is 11.5. The fourth-order valence-corrected chi connectivity index (χ4v) is 3.56. The lowest BCUT2D eigenvalue weighted by molar-refractivity contribution is -0.231. The van der Waals surface area contributed by atoms with Crippen molar-refractivity contribution in [2.24, 2.45) is 0 Å². The summed E-state index contributed by atoms with van der Waals surface area (Å²) in [7, 11) is -14.1. The Kier molecular flexibility index (Phi) is 4.48. The van der Waals surface area contributed by atoms with E-state index in [0.29, 0.717) is 0 Å². The van der Waals surface area contributed by atoms with Crippen LogP contribution in [0.25, 0.3) is 0 Å². The highest BCUT2D eigenvalue weighted by Gasteiger charge is 2.64. The van der Waals surface area contributed by atoms with Crippen LogP contribution < -0.4 is 0 Å². The molecule has 0 bridgehead atoms. The molecule has 1 rings (SSSR count). The second-order valence-electron chi connectivity index (χ2n) is 3.52. The fourth-order valence-electron chi connectivity index (χ4n) is 1.10. The Morgan fingerprint density at radius 1 is 0.696 bits per heavy atom. The SMILES string of the molecule is O=[N+](S(=O)(=O)c1c(F)c(F)c(F)c(F)c1F)S(=O)(=O)C(F)(F)F. The largest absolute Gasteiger partial charge is 0.566 e. The van der Waals surface area contributed by atoms with Gasteiger partial charge in [0.15, 0.2) is 23.3 Å². The third-order valence-corrected chi connectivity index (χ3v) is 5.53. The van der Waals surface area contributed by atoms with Gasteiger partial charge < -0.3 is 0 Å². The van der Waals surface area contributed by atoms with Crippen LogP contribution in [0, 0.1) is 34.0 Å². The van der Waals surface area contributed by atoms with E-state index in [1.54, 1.807) is 0 Å². The number of benzene rings is 1. The van der Waals surface area contributed by atoms with Crippen molar-refractivity contribution in [2.45, 2.75) is 10.4 Å². The second kappa shape index (κ2) is 5.36. The first kappa shape index (κ1) is 19.2. The molecule has 1 aromatic carbocycles. The molecule has 16 heteroatoms. The van der Waals surface area contributed by atoms with Gasteiger partial charge in [0.05, 0.1) is 4.91 Å². The van der Waals surface area contributed by atoms with E-state index in [1.807, 2.05) is 0 Å². The van der Waals surface area contributed by atoms with Crippen molar-refractivity contribution in [2.75, 3.05) is 0 Å². The maximum Gasteiger partial charge on any atom is 0.566 e. The average Bonchev–Trinajstić information content (AvgIpc) is 2.40. The quantitative estimate of drug-likeness (QED) is 0.337. The highest BCUT2D eigenvalue weighted by Crippen LogP contribution is 2.32. The number of halogens is 8. The molecule has 0 amide bonds. The van der Waals surface area contributed by atoms with Crippen LogP contribution in [0.3, 0.4) is 0 Å². The Morgan fingerprint density at radius 3 is 1.30 bits per heavy atom. The van der Waals surface area contributed by atoms with Gasteiger partial charge in [-0.05, 0) is 0 Å². The van der Waals surface area contributed by atoms with E-state index < -0.39 is 63.1 Å². The van der Waals surface area contributed by atoms with Crippen molar-refractivity contribution in [1.82, 2.24) is 0 Å². The average molecular weight is 394 g/mol. The van der Waals surface area contributed by atoms with Gasteiger partial charge in [0.25, 0.3) is 3.57 Å². The first-order valence-corrected chi connectivity index (χ1v) is 7.51. The highest BCUT2D eigenvalue weighted by molar-refractivity contribution is 7.97. The predicted molar refractivity (Wildman–Crippen MR) is 52.0 cm³/mol. The molecule has 0 heterocycles. The molecule has 0 N–H and O–H groups in total. The summed E-state index contributed by atoms with van der Waals surface area (Å²) in [6.07, 6.45) is 0. The number of hydrogen-bond donors (Lipinski definition) is 0. The summed E-state index contributed by atoms with van der Waals surface area (Å²) >= 11 is 0. The van der Waals surface area contributed by atoms with Gasteiger partial charge in [0, 0.05) is 0 Å². The summed E-state index contributed by atoms with van der Waals surface area (Å²) in [5.74, 6) is -15.1. The Morgan fingerprint density at radius 2 is 1.00 bits per heavy atom. The van der Waals surface area contributed by atoms with Crippen molar-refractivity contribution in [1.29, 1.82) is 0 Å². The van der Waals surface area contributed by atoms with Crippen molar-refractivity contribution in [3.05, 3.63) is 34.0 Å². The lowest BCUT2D eigenvalue weighted by Gasteiger charge is -2.05. The molecule has 0 aliphatic carbocycles. The number of sulfonamides is 2. The molecule has 0 atom stereocenters. The number of nitrogens with zero attached hydrogens (tertiary/aromatic N) is 1. The Bertz CT molecular complexity index is 875. The van der Waals surface area contributed by atoms with Crippen molar-refractivity contribution < 1.29 is 55.5 Å². The van der Waals surface area contributed by atoms with E-state index in [4.69, 9.17) is 0 Å². The molecule has 0 saturated heterocycles. The molecule has 0 spiro atoms. The number of nitroso groups, excluding NO2 is 1. The van der Waals surface area contributed by atoms with Crippen LogP contribution in [-0.4, -0.2) is 25.9 Å². The van der Waals surface area contributed by atoms with E-state index in [2.05, 4.69) is 0 Å². The van der Waals surface area contributed by atoms with Crippen molar-refractivity contribution >= 4 is 20.0 Å². The normalized spacial score (nSPS) is 13.2. The van der Waals surface area contributed by atoms with Gasteiger partial charge in [-0.1, -0.05) is 0 Å². The molecule has 6 nitrogen and oxygen atoms in total. The second-order valence-corrected chi connectivity index (χ2v) is 7.18. The lowest BCUT2D eigenvalue weighted by Crippen LogP contribution is -2.37. The van der Waals surface area contributed by atoms with Crippen LogP contribution in [0.1, 0.15) is 0 Å². The van der Waals surface area contributed by atoms with Crippen LogP contribution in [0.15, 0.2) is 4.90 Å². The molecule has 23 heavy (non-hydrogen) atoms. The molecule has 0 radical (unpaired) electrons. The molecule has 130 valence electrons. The van der Waals surface area contributed by atoms with E-state index >= 15 is 0 Å². The molecule has 0 aromatic heterocycles. The fraction of sp³-hybridized carbons (Fsp3) is 0.143.